The Balaban J connectivity index is 1.66. The van der Waals surface area contributed by atoms with E-state index in [0.717, 1.165) is 31.2 Å². The average molecular weight is 401 g/mol. The van der Waals surface area contributed by atoms with E-state index < -0.39 is 10.0 Å². The van der Waals surface area contributed by atoms with Gasteiger partial charge in [0.1, 0.15) is 5.75 Å². The summed E-state index contributed by atoms with van der Waals surface area (Å²) in [5.74, 6) is 0.485. The second kappa shape index (κ2) is 7.56. The van der Waals surface area contributed by atoms with Gasteiger partial charge in [-0.15, -0.1) is 0 Å². The van der Waals surface area contributed by atoms with Gasteiger partial charge in [-0.3, -0.25) is 4.79 Å². The molecule has 0 aromatic heterocycles. The fourth-order valence-corrected chi connectivity index (χ4v) is 5.35. The number of methoxy groups -OCH3 is 1. The van der Waals surface area contributed by atoms with Crippen molar-refractivity contribution in [2.24, 2.45) is 0 Å². The Bertz CT molecular complexity index is 1000. The van der Waals surface area contributed by atoms with E-state index in [0.29, 0.717) is 24.4 Å². The highest BCUT2D eigenvalue weighted by molar-refractivity contribution is 7.89. The number of fused-ring (bicyclic) bond motifs is 1. The molecule has 0 bridgehead atoms. The molecule has 1 heterocycles. The van der Waals surface area contributed by atoms with Crippen molar-refractivity contribution in [3.63, 3.8) is 0 Å². The summed E-state index contributed by atoms with van der Waals surface area (Å²) in [4.78, 5) is 13.9. The smallest absolute Gasteiger partial charge is 0.241 e. The summed E-state index contributed by atoms with van der Waals surface area (Å²) >= 11 is 0. The molecule has 1 atom stereocenters. The first-order chi connectivity index (χ1) is 13.5. The maximum absolute atomic E-state index is 13.1. The van der Waals surface area contributed by atoms with Gasteiger partial charge in [0, 0.05) is 19.0 Å². The van der Waals surface area contributed by atoms with Crippen LogP contribution in [-0.2, 0) is 21.2 Å². The van der Waals surface area contributed by atoms with Gasteiger partial charge in [-0.25, -0.2) is 13.1 Å². The van der Waals surface area contributed by atoms with Crippen LogP contribution in [0.1, 0.15) is 42.9 Å². The molecule has 0 saturated carbocycles. The molecule has 1 aliphatic carbocycles. The number of anilines is 1. The van der Waals surface area contributed by atoms with Crippen LogP contribution in [0.3, 0.4) is 0 Å². The first-order valence-electron chi connectivity index (χ1n) is 9.58. The molecule has 6 nitrogen and oxygen atoms in total. The maximum atomic E-state index is 13.1. The number of aryl methyl sites for hydroxylation is 1. The normalized spacial score (nSPS) is 19.5. The number of carbonyl (C=O) groups is 1. The lowest BCUT2D eigenvalue weighted by atomic mass is 9.88. The third-order valence-electron chi connectivity index (χ3n) is 5.49. The van der Waals surface area contributed by atoms with Gasteiger partial charge in [0.05, 0.1) is 17.7 Å². The maximum Gasteiger partial charge on any atom is 0.241 e. The minimum atomic E-state index is -3.74. The lowest BCUT2D eigenvalue weighted by Gasteiger charge is -2.26. The van der Waals surface area contributed by atoms with E-state index in [1.165, 1.54) is 18.7 Å². The van der Waals surface area contributed by atoms with Gasteiger partial charge in [-0.1, -0.05) is 24.3 Å². The van der Waals surface area contributed by atoms with Crippen LogP contribution in [0.5, 0.6) is 5.75 Å². The van der Waals surface area contributed by atoms with E-state index in [4.69, 9.17) is 4.74 Å². The summed E-state index contributed by atoms with van der Waals surface area (Å²) in [7, 11) is -2.22. The molecular formula is C21H24N2O4S. The Morgan fingerprint density at radius 3 is 2.68 bits per heavy atom. The number of nitrogens with one attached hydrogen (secondary N) is 1. The Morgan fingerprint density at radius 1 is 1.11 bits per heavy atom. The molecule has 0 spiro atoms. The van der Waals surface area contributed by atoms with Gasteiger partial charge in [0.15, 0.2) is 0 Å². The summed E-state index contributed by atoms with van der Waals surface area (Å²) in [5.41, 5.74) is 2.75. The molecular weight excluding hydrogens is 376 g/mol. The Hall–Kier alpha value is -2.38. The molecule has 1 fully saturated rings. The quantitative estimate of drug-likeness (QED) is 0.836. The van der Waals surface area contributed by atoms with Gasteiger partial charge in [-0.05, 0) is 55.0 Å². The molecule has 148 valence electrons. The number of hydrogen-bond acceptors (Lipinski definition) is 4. The molecule has 2 aromatic rings. The zero-order valence-electron chi connectivity index (χ0n) is 15.8. The predicted octanol–water partition coefficient (Wildman–Crippen LogP) is 3.18. The molecule has 4 rings (SSSR count). The van der Waals surface area contributed by atoms with Crippen molar-refractivity contribution in [3.05, 3.63) is 53.6 Å². The Labute approximate surface area is 165 Å². The molecule has 1 saturated heterocycles. The second-order valence-electron chi connectivity index (χ2n) is 7.25. The number of benzene rings is 2. The third-order valence-corrected chi connectivity index (χ3v) is 6.96. The molecule has 7 heteroatoms. The topological polar surface area (TPSA) is 75.7 Å². The first kappa shape index (κ1) is 19.0. The van der Waals surface area contributed by atoms with Crippen molar-refractivity contribution in [1.82, 2.24) is 4.72 Å². The number of amides is 1. The molecule has 1 N–H and O–H groups in total. The zero-order valence-corrected chi connectivity index (χ0v) is 16.7. The van der Waals surface area contributed by atoms with E-state index in [-0.39, 0.29) is 16.8 Å². The number of hydrogen-bond donors (Lipinski definition) is 1. The minimum Gasteiger partial charge on any atom is -0.495 e. The molecule has 0 unspecified atom stereocenters. The number of ether oxygens (including phenoxy) is 1. The summed E-state index contributed by atoms with van der Waals surface area (Å²) in [6, 6.07) is 12.4. The lowest BCUT2D eigenvalue weighted by Crippen LogP contribution is -2.31. The van der Waals surface area contributed by atoms with Crippen LogP contribution in [0.15, 0.2) is 47.4 Å². The van der Waals surface area contributed by atoms with Crippen molar-refractivity contribution in [3.8, 4) is 5.75 Å². The highest BCUT2D eigenvalue weighted by Gasteiger charge is 2.29. The summed E-state index contributed by atoms with van der Waals surface area (Å²) in [6.45, 7) is 0.572. The summed E-state index contributed by atoms with van der Waals surface area (Å²) in [5, 5.41) is 0. The highest BCUT2D eigenvalue weighted by Crippen LogP contribution is 2.35. The molecule has 0 radical (unpaired) electrons. The molecule has 1 amide bonds. The molecule has 28 heavy (non-hydrogen) atoms. The van der Waals surface area contributed by atoms with Gasteiger partial charge < -0.3 is 9.64 Å². The molecule has 1 aliphatic heterocycles. The van der Waals surface area contributed by atoms with Crippen LogP contribution in [0, 0.1) is 0 Å². The minimum absolute atomic E-state index is 0.0120. The van der Waals surface area contributed by atoms with E-state index in [9.17, 15) is 13.2 Å². The van der Waals surface area contributed by atoms with Crippen LogP contribution in [0.2, 0.25) is 0 Å². The van der Waals surface area contributed by atoms with Crippen LogP contribution in [-0.4, -0.2) is 28.0 Å². The number of nitrogens with zero attached hydrogens (tertiary/aromatic N) is 1. The Morgan fingerprint density at radius 2 is 1.93 bits per heavy atom. The fourth-order valence-electron chi connectivity index (χ4n) is 4.08. The Kier molecular flexibility index (Phi) is 5.12. The number of carbonyl (C=O) groups excluding carboxylic acids is 1. The standard InChI is InChI=1S/C21H24N2O4S/c1-27-20-12-11-16(14-19(20)23-13-5-10-21(23)24)28(25,26)22-18-9-4-7-15-6-2-3-8-17(15)18/h2-3,6,8,11-12,14,18,22H,4-5,7,9-10,13H2,1H3/t18-/m0/s1. The summed E-state index contributed by atoms with van der Waals surface area (Å²) in [6.07, 6.45) is 3.91. The zero-order chi connectivity index (χ0) is 19.7. The average Bonchev–Trinajstić information content (AvgIpc) is 3.13. The number of sulfonamides is 1. The van der Waals surface area contributed by atoms with Crippen molar-refractivity contribution in [2.75, 3.05) is 18.6 Å². The van der Waals surface area contributed by atoms with Crippen molar-refractivity contribution < 1.29 is 17.9 Å². The molecule has 2 aliphatic rings. The lowest BCUT2D eigenvalue weighted by molar-refractivity contribution is -0.117. The van der Waals surface area contributed by atoms with E-state index in [1.807, 2.05) is 18.2 Å². The van der Waals surface area contributed by atoms with Crippen LogP contribution in [0.25, 0.3) is 0 Å². The first-order valence-corrected chi connectivity index (χ1v) is 11.1. The van der Waals surface area contributed by atoms with Crippen LogP contribution >= 0.6 is 0 Å². The van der Waals surface area contributed by atoms with Gasteiger partial charge in [0.25, 0.3) is 0 Å². The monoisotopic (exact) mass is 400 g/mol. The predicted molar refractivity (Wildman–Crippen MR) is 107 cm³/mol. The van der Waals surface area contributed by atoms with Crippen molar-refractivity contribution in [2.45, 2.75) is 43.0 Å². The number of rotatable bonds is 5. The van der Waals surface area contributed by atoms with Gasteiger partial charge >= 0.3 is 0 Å². The van der Waals surface area contributed by atoms with E-state index >= 15 is 0 Å². The SMILES string of the molecule is COc1ccc(S(=O)(=O)N[C@H]2CCCc3ccccc32)cc1N1CCCC1=O. The fraction of sp³-hybridized carbons (Fsp3) is 0.381. The largest absolute Gasteiger partial charge is 0.495 e. The third kappa shape index (κ3) is 3.52. The van der Waals surface area contributed by atoms with E-state index in [1.54, 1.807) is 17.0 Å². The van der Waals surface area contributed by atoms with E-state index in [2.05, 4.69) is 10.8 Å². The molecule has 2 aromatic carbocycles. The van der Waals surface area contributed by atoms with Crippen LogP contribution < -0.4 is 14.4 Å². The van der Waals surface area contributed by atoms with Crippen LogP contribution in [0.4, 0.5) is 5.69 Å². The van der Waals surface area contributed by atoms with Crippen molar-refractivity contribution in [1.29, 1.82) is 0 Å². The van der Waals surface area contributed by atoms with Crippen molar-refractivity contribution >= 4 is 21.6 Å². The highest BCUT2D eigenvalue weighted by atomic mass is 32.2. The summed E-state index contributed by atoms with van der Waals surface area (Å²) < 4.78 is 34.4. The van der Waals surface area contributed by atoms with Gasteiger partial charge in [-0.2, -0.15) is 0 Å². The van der Waals surface area contributed by atoms with Gasteiger partial charge in [0.2, 0.25) is 15.9 Å². The second-order valence-corrected chi connectivity index (χ2v) is 8.96.